The third kappa shape index (κ3) is 6.94. The molecule has 1 saturated heterocycles. The van der Waals surface area contributed by atoms with Crippen molar-refractivity contribution in [3.05, 3.63) is 100 Å². The molecule has 0 amide bonds. The van der Waals surface area contributed by atoms with E-state index in [1.54, 1.807) is 37.2 Å². The lowest BCUT2D eigenvalue weighted by Crippen LogP contribution is -2.45. The molecule has 0 bridgehead atoms. The summed E-state index contributed by atoms with van der Waals surface area (Å²) in [5.74, 6) is 0.186. The molecule has 12 heteroatoms. The molecule has 1 N–H and O–H groups in total. The topological polar surface area (TPSA) is 88.3 Å². The summed E-state index contributed by atoms with van der Waals surface area (Å²) in [4.78, 5) is 15.1. The molecule has 0 unspecified atom stereocenters. The maximum absolute atomic E-state index is 13.1. The van der Waals surface area contributed by atoms with Crippen LogP contribution in [0, 0.1) is 0 Å². The Kier molecular flexibility index (Phi) is 8.61. The Morgan fingerprint density at radius 1 is 1.11 bits per heavy atom. The van der Waals surface area contributed by atoms with Gasteiger partial charge < -0.3 is 28.9 Å². The van der Waals surface area contributed by atoms with Gasteiger partial charge in [0.25, 0.3) is 0 Å². The summed E-state index contributed by atoms with van der Waals surface area (Å²) in [5.41, 5.74) is 4.19. The van der Waals surface area contributed by atoms with Gasteiger partial charge in [-0.3, -0.25) is 0 Å². The SMILES string of the molecule is C/C(=C\N(C)c1ccc(N2CC(c3ccc(OCc4c(-c5ccccc5OC(F)(F)F)noc4C4CC4)cc3Cl)C2)cc1)C(=O)O. The highest BCUT2D eigenvalue weighted by atomic mass is 35.5. The molecule has 1 aromatic heterocycles. The van der Waals surface area contributed by atoms with Gasteiger partial charge in [-0.05, 0) is 73.9 Å². The van der Waals surface area contributed by atoms with Crippen LogP contribution < -0.4 is 19.3 Å². The number of ether oxygens (including phenoxy) is 2. The molecule has 4 aromatic rings. The van der Waals surface area contributed by atoms with E-state index >= 15 is 0 Å². The standard InChI is InChI=1S/C34H31ClF3N3O5/c1-20(33(42)43)16-40(2)23-9-11-24(12-10-23)41-17-22(18-41)26-14-13-25(15-29(26)35)44-19-28-31(39-46-32(28)21-7-8-21)27-5-3-4-6-30(27)45-34(36,37)38/h3-6,9-16,21-22H,7-8,17-19H2,1-2H3,(H,42,43)/b20-16+. The third-order valence-corrected chi connectivity index (χ3v) is 8.49. The first-order chi connectivity index (χ1) is 22.0. The highest BCUT2D eigenvalue weighted by Gasteiger charge is 2.36. The molecule has 1 aliphatic heterocycles. The van der Waals surface area contributed by atoms with Crippen molar-refractivity contribution >= 4 is 28.9 Å². The number of carbonyl (C=O) groups is 1. The van der Waals surface area contributed by atoms with E-state index < -0.39 is 12.3 Å². The van der Waals surface area contributed by atoms with Crippen LogP contribution in [0.5, 0.6) is 11.5 Å². The Morgan fingerprint density at radius 3 is 2.48 bits per heavy atom. The quantitative estimate of drug-likeness (QED) is 0.162. The number of alkyl halides is 3. The molecule has 6 rings (SSSR count). The highest BCUT2D eigenvalue weighted by Crippen LogP contribution is 2.46. The second kappa shape index (κ2) is 12.6. The summed E-state index contributed by atoms with van der Waals surface area (Å²) in [6.07, 6.45) is -1.45. The number of hydrogen-bond acceptors (Lipinski definition) is 7. The van der Waals surface area contributed by atoms with Crippen molar-refractivity contribution in [2.45, 2.75) is 44.6 Å². The average molecular weight is 654 g/mol. The normalized spacial score (nSPS) is 15.4. The van der Waals surface area contributed by atoms with Crippen molar-refractivity contribution in [2.24, 2.45) is 0 Å². The van der Waals surface area contributed by atoms with E-state index in [0.717, 1.165) is 42.9 Å². The first-order valence-corrected chi connectivity index (χ1v) is 15.1. The van der Waals surface area contributed by atoms with Crippen LogP contribution in [0.2, 0.25) is 5.02 Å². The molecule has 1 aliphatic carbocycles. The number of nitrogens with zero attached hydrogens (tertiary/aromatic N) is 3. The van der Waals surface area contributed by atoms with Gasteiger partial charge >= 0.3 is 12.3 Å². The van der Waals surface area contributed by atoms with Crippen molar-refractivity contribution in [1.29, 1.82) is 0 Å². The number of aliphatic carboxylic acids is 1. The van der Waals surface area contributed by atoms with Crippen LogP contribution in [0.4, 0.5) is 24.5 Å². The molecule has 2 heterocycles. The predicted octanol–water partition coefficient (Wildman–Crippen LogP) is 8.38. The second-order valence-electron chi connectivity index (χ2n) is 11.5. The van der Waals surface area contributed by atoms with E-state index in [9.17, 15) is 18.0 Å². The fourth-order valence-electron chi connectivity index (χ4n) is 5.50. The molecule has 2 fully saturated rings. The second-order valence-corrected chi connectivity index (χ2v) is 11.9. The number of halogens is 4. The number of carboxylic acid groups (broad SMARTS) is 1. The van der Waals surface area contributed by atoms with Gasteiger partial charge in [0.15, 0.2) is 0 Å². The van der Waals surface area contributed by atoms with E-state index in [0.29, 0.717) is 22.1 Å². The molecule has 0 spiro atoms. The molecular formula is C34H31ClF3N3O5. The Balaban J connectivity index is 1.11. The summed E-state index contributed by atoms with van der Waals surface area (Å²) in [6.45, 7) is 3.15. The smallest absolute Gasteiger partial charge is 0.489 e. The number of benzene rings is 3. The van der Waals surface area contributed by atoms with Crippen molar-refractivity contribution < 1.29 is 37.1 Å². The monoisotopic (exact) mass is 653 g/mol. The van der Waals surface area contributed by atoms with Crippen molar-refractivity contribution in [3.63, 3.8) is 0 Å². The van der Waals surface area contributed by atoms with E-state index in [-0.39, 0.29) is 41.0 Å². The Bertz CT molecular complexity index is 1760. The number of hydrogen-bond donors (Lipinski definition) is 1. The zero-order chi connectivity index (χ0) is 32.6. The first-order valence-electron chi connectivity index (χ1n) is 14.7. The van der Waals surface area contributed by atoms with Gasteiger partial charge in [0.1, 0.15) is 29.6 Å². The van der Waals surface area contributed by atoms with Crippen LogP contribution in [0.3, 0.4) is 0 Å². The van der Waals surface area contributed by atoms with Gasteiger partial charge in [-0.25, -0.2) is 4.79 Å². The van der Waals surface area contributed by atoms with Gasteiger partial charge in [0.2, 0.25) is 0 Å². The van der Waals surface area contributed by atoms with Crippen molar-refractivity contribution in [2.75, 3.05) is 29.9 Å². The van der Waals surface area contributed by atoms with Crippen LogP contribution in [0.1, 0.15) is 48.5 Å². The van der Waals surface area contributed by atoms with Crippen LogP contribution in [-0.4, -0.2) is 42.7 Å². The van der Waals surface area contributed by atoms with Crippen molar-refractivity contribution in [1.82, 2.24) is 5.16 Å². The van der Waals surface area contributed by atoms with Gasteiger partial charge in [-0.2, -0.15) is 0 Å². The Hall–Kier alpha value is -4.64. The average Bonchev–Trinajstić information content (AvgIpc) is 3.75. The van der Waals surface area contributed by atoms with Crippen LogP contribution in [-0.2, 0) is 11.4 Å². The summed E-state index contributed by atoms with van der Waals surface area (Å²) >= 11 is 6.71. The zero-order valence-electron chi connectivity index (χ0n) is 25.1. The van der Waals surface area contributed by atoms with Gasteiger partial charge in [-0.1, -0.05) is 35.0 Å². The summed E-state index contributed by atoms with van der Waals surface area (Å²) in [7, 11) is 1.81. The molecule has 46 heavy (non-hydrogen) atoms. The molecule has 240 valence electrons. The first kappa shape index (κ1) is 31.3. The van der Waals surface area contributed by atoms with E-state index in [1.165, 1.54) is 18.2 Å². The molecular weight excluding hydrogens is 623 g/mol. The summed E-state index contributed by atoms with van der Waals surface area (Å²) in [6, 6.07) is 19.3. The van der Waals surface area contributed by atoms with Crippen LogP contribution in [0.15, 0.2) is 83.0 Å². The molecule has 3 aromatic carbocycles. The van der Waals surface area contributed by atoms with E-state index in [4.69, 9.17) is 26.0 Å². The Morgan fingerprint density at radius 2 is 1.83 bits per heavy atom. The highest BCUT2D eigenvalue weighted by molar-refractivity contribution is 6.31. The number of carboxylic acids is 1. The lowest BCUT2D eigenvalue weighted by Gasteiger charge is -2.42. The van der Waals surface area contributed by atoms with Crippen LogP contribution >= 0.6 is 11.6 Å². The summed E-state index contributed by atoms with van der Waals surface area (Å²) in [5, 5.41) is 13.8. The molecule has 1 saturated carbocycles. The van der Waals surface area contributed by atoms with Gasteiger partial charge in [0, 0.05) is 60.1 Å². The lowest BCUT2D eigenvalue weighted by atomic mass is 9.90. The lowest BCUT2D eigenvalue weighted by molar-refractivity contribution is -0.274. The number of para-hydroxylation sites is 1. The number of anilines is 2. The van der Waals surface area contributed by atoms with Crippen molar-refractivity contribution in [3.8, 4) is 22.8 Å². The minimum atomic E-state index is -4.85. The fraction of sp³-hybridized carbons (Fsp3) is 0.294. The Labute approximate surface area is 268 Å². The predicted molar refractivity (Wildman–Crippen MR) is 168 cm³/mol. The molecule has 2 aliphatic rings. The van der Waals surface area contributed by atoms with E-state index in [1.807, 2.05) is 36.4 Å². The zero-order valence-corrected chi connectivity index (χ0v) is 25.8. The van der Waals surface area contributed by atoms with Gasteiger partial charge in [0.05, 0.1) is 11.1 Å². The molecule has 8 nitrogen and oxygen atoms in total. The summed E-state index contributed by atoms with van der Waals surface area (Å²) < 4.78 is 55.2. The van der Waals surface area contributed by atoms with E-state index in [2.05, 4.69) is 14.8 Å². The fourth-order valence-corrected chi connectivity index (χ4v) is 5.83. The number of rotatable bonds is 11. The maximum Gasteiger partial charge on any atom is 0.573 e. The molecule has 0 radical (unpaired) electrons. The van der Waals surface area contributed by atoms with Gasteiger partial charge in [-0.15, -0.1) is 13.2 Å². The van der Waals surface area contributed by atoms with Crippen LogP contribution in [0.25, 0.3) is 11.3 Å². The largest absolute Gasteiger partial charge is 0.573 e. The molecule has 0 atom stereocenters. The third-order valence-electron chi connectivity index (χ3n) is 8.16. The number of aromatic nitrogens is 1. The minimum Gasteiger partial charge on any atom is -0.489 e. The maximum atomic E-state index is 13.1. The minimum absolute atomic E-state index is 0.0365.